The van der Waals surface area contributed by atoms with Gasteiger partial charge in [-0.3, -0.25) is 9.59 Å². The van der Waals surface area contributed by atoms with Crippen molar-refractivity contribution in [3.8, 4) is 11.3 Å². The Morgan fingerprint density at radius 1 is 1.04 bits per heavy atom. The van der Waals surface area contributed by atoms with E-state index >= 15 is 0 Å². The topological polar surface area (TPSA) is 64.0 Å². The average Bonchev–Trinajstić information content (AvgIpc) is 2.61. The van der Waals surface area contributed by atoms with Crippen molar-refractivity contribution in [1.29, 1.82) is 0 Å². The summed E-state index contributed by atoms with van der Waals surface area (Å²) < 4.78 is 14.1. The van der Waals surface area contributed by atoms with Crippen LogP contribution in [0.4, 0.5) is 10.1 Å². The number of benzene rings is 2. The van der Waals surface area contributed by atoms with Gasteiger partial charge in [0.05, 0.1) is 15.7 Å². The molecule has 8 heteroatoms. The van der Waals surface area contributed by atoms with Crippen molar-refractivity contribution in [1.82, 2.24) is 9.78 Å². The summed E-state index contributed by atoms with van der Waals surface area (Å²) >= 11 is 11.7. The van der Waals surface area contributed by atoms with E-state index < -0.39 is 11.5 Å². The number of aromatic nitrogens is 2. The van der Waals surface area contributed by atoms with E-state index in [4.69, 9.17) is 23.2 Å². The highest BCUT2D eigenvalue weighted by Crippen LogP contribution is 2.25. The molecule has 1 amide bonds. The van der Waals surface area contributed by atoms with Crippen LogP contribution in [-0.2, 0) is 11.3 Å². The third kappa shape index (κ3) is 4.28. The molecule has 0 aliphatic heterocycles. The minimum absolute atomic E-state index is 0.284. The number of rotatable bonds is 4. The molecule has 0 aliphatic carbocycles. The van der Waals surface area contributed by atoms with Crippen LogP contribution >= 0.6 is 23.2 Å². The Kier molecular flexibility index (Phi) is 5.35. The molecule has 0 saturated heterocycles. The SMILES string of the molecule is O=C(Cn1nc(-c2ccc(F)cc2)ccc1=O)Nc1ccc(Cl)c(Cl)c1. The molecule has 0 bridgehead atoms. The summed E-state index contributed by atoms with van der Waals surface area (Å²) in [5.41, 5.74) is 1.10. The predicted octanol–water partition coefficient (Wildman–Crippen LogP) is 3.99. The molecule has 1 aromatic heterocycles. The second-order valence-electron chi connectivity index (χ2n) is 5.40. The average molecular weight is 392 g/mol. The molecule has 3 aromatic rings. The van der Waals surface area contributed by atoms with Crippen molar-refractivity contribution < 1.29 is 9.18 Å². The molecular formula is C18H12Cl2FN3O2. The molecule has 0 fully saturated rings. The molecule has 132 valence electrons. The minimum atomic E-state index is -0.450. The molecule has 0 aliphatic rings. The molecule has 2 aromatic carbocycles. The van der Waals surface area contributed by atoms with Gasteiger partial charge in [-0.05, 0) is 48.5 Å². The molecular weight excluding hydrogens is 380 g/mol. The van der Waals surface area contributed by atoms with Crippen LogP contribution in [0.5, 0.6) is 0 Å². The third-order valence-corrected chi connectivity index (χ3v) is 4.24. The second-order valence-corrected chi connectivity index (χ2v) is 6.21. The first-order valence-electron chi connectivity index (χ1n) is 7.51. The molecule has 1 heterocycles. The molecule has 5 nitrogen and oxygen atoms in total. The molecule has 26 heavy (non-hydrogen) atoms. The number of hydrogen-bond acceptors (Lipinski definition) is 3. The normalized spacial score (nSPS) is 10.6. The van der Waals surface area contributed by atoms with Crippen molar-refractivity contribution >= 4 is 34.8 Å². The zero-order valence-corrected chi connectivity index (χ0v) is 14.8. The van der Waals surface area contributed by atoms with E-state index in [1.54, 1.807) is 24.3 Å². The van der Waals surface area contributed by atoms with Gasteiger partial charge in [-0.25, -0.2) is 9.07 Å². The van der Waals surface area contributed by atoms with Gasteiger partial charge in [-0.2, -0.15) is 5.10 Å². The number of amides is 1. The minimum Gasteiger partial charge on any atom is -0.324 e. The summed E-state index contributed by atoms with van der Waals surface area (Å²) in [5.74, 6) is -0.822. The van der Waals surface area contributed by atoms with Crippen molar-refractivity contribution in [3.05, 3.63) is 80.8 Å². The Morgan fingerprint density at radius 2 is 1.77 bits per heavy atom. The zero-order valence-electron chi connectivity index (χ0n) is 13.2. The Morgan fingerprint density at radius 3 is 2.46 bits per heavy atom. The van der Waals surface area contributed by atoms with Gasteiger partial charge in [0.1, 0.15) is 12.4 Å². The smallest absolute Gasteiger partial charge is 0.267 e. The Balaban J connectivity index is 1.79. The number of halogens is 3. The van der Waals surface area contributed by atoms with E-state index in [2.05, 4.69) is 10.4 Å². The second kappa shape index (κ2) is 7.68. The van der Waals surface area contributed by atoms with Gasteiger partial charge < -0.3 is 5.32 Å². The summed E-state index contributed by atoms with van der Waals surface area (Å²) in [6.07, 6.45) is 0. The first-order valence-corrected chi connectivity index (χ1v) is 8.27. The van der Waals surface area contributed by atoms with E-state index in [0.29, 0.717) is 27.0 Å². The van der Waals surface area contributed by atoms with Gasteiger partial charge >= 0.3 is 0 Å². The van der Waals surface area contributed by atoms with E-state index in [-0.39, 0.29) is 12.4 Å². The summed E-state index contributed by atoms with van der Waals surface area (Å²) in [4.78, 5) is 24.2. The lowest BCUT2D eigenvalue weighted by molar-refractivity contribution is -0.117. The van der Waals surface area contributed by atoms with Crippen molar-refractivity contribution in [2.75, 3.05) is 5.32 Å². The van der Waals surface area contributed by atoms with Crippen LogP contribution in [0.15, 0.2) is 59.4 Å². The molecule has 0 saturated carbocycles. The highest BCUT2D eigenvalue weighted by molar-refractivity contribution is 6.42. The first kappa shape index (κ1) is 18.1. The quantitative estimate of drug-likeness (QED) is 0.730. The zero-order chi connectivity index (χ0) is 18.7. The molecule has 0 radical (unpaired) electrons. The van der Waals surface area contributed by atoms with E-state index in [1.807, 2.05) is 0 Å². The summed E-state index contributed by atoms with van der Waals surface area (Å²) in [6.45, 7) is -0.284. The standard InChI is InChI=1S/C18H12Cl2FN3O2/c19-14-6-5-13(9-15(14)20)22-17(25)10-24-18(26)8-7-16(23-24)11-1-3-12(21)4-2-11/h1-9H,10H2,(H,22,25). The van der Waals surface area contributed by atoms with Crippen LogP contribution in [0.2, 0.25) is 10.0 Å². The number of anilines is 1. The molecule has 0 unspecified atom stereocenters. The summed E-state index contributed by atoms with van der Waals surface area (Å²) in [7, 11) is 0. The van der Waals surface area contributed by atoms with E-state index in [0.717, 1.165) is 4.68 Å². The van der Waals surface area contributed by atoms with Crippen LogP contribution in [0, 0.1) is 5.82 Å². The van der Waals surface area contributed by atoms with Crippen molar-refractivity contribution in [2.24, 2.45) is 0 Å². The fourth-order valence-corrected chi connectivity index (χ4v) is 2.55. The van der Waals surface area contributed by atoms with Crippen LogP contribution < -0.4 is 10.9 Å². The largest absolute Gasteiger partial charge is 0.324 e. The Hall–Kier alpha value is -2.70. The number of carbonyl (C=O) groups is 1. The summed E-state index contributed by atoms with van der Waals surface area (Å²) in [6, 6.07) is 13.2. The van der Waals surface area contributed by atoms with Crippen LogP contribution in [-0.4, -0.2) is 15.7 Å². The molecule has 3 rings (SSSR count). The van der Waals surface area contributed by atoms with Crippen molar-refractivity contribution in [3.63, 3.8) is 0 Å². The van der Waals surface area contributed by atoms with Gasteiger partial charge in [0.15, 0.2) is 0 Å². The fourth-order valence-electron chi connectivity index (χ4n) is 2.25. The fraction of sp³-hybridized carbons (Fsp3) is 0.0556. The van der Waals surface area contributed by atoms with Gasteiger partial charge in [0.25, 0.3) is 5.56 Å². The first-order chi connectivity index (χ1) is 12.4. The number of hydrogen-bond donors (Lipinski definition) is 1. The molecule has 1 N–H and O–H groups in total. The van der Waals surface area contributed by atoms with Gasteiger partial charge in [0.2, 0.25) is 5.91 Å². The lowest BCUT2D eigenvalue weighted by Gasteiger charge is -2.09. The highest BCUT2D eigenvalue weighted by atomic mass is 35.5. The molecule has 0 spiro atoms. The highest BCUT2D eigenvalue weighted by Gasteiger charge is 2.09. The van der Waals surface area contributed by atoms with Crippen LogP contribution in [0.25, 0.3) is 11.3 Å². The Bertz CT molecular complexity index is 1020. The molecule has 0 atom stereocenters. The lowest BCUT2D eigenvalue weighted by atomic mass is 10.1. The van der Waals surface area contributed by atoms with Gasteiger partial charge in [-0.15, -0.1) is 0 Å². The maximum Gasteiger partial charge on any atom is 0.267 e. The Labute approximate surface area is 158 Å². The lowest BCUT2D eigenvalue weighted by Crippen LogP contribution is -2.29. The van der Waals surface area contributed by atoms with Crippen LogP contribution in [0.3, 0.4) is 0 Å². The number of nitrogens with one attached hydrogen (secondary N) is 1. The van der Waals surface area contributed by atoms with Crippen molar-refractivity contribution in [2.45, 2.75) is 6.54 Å². The maximum atomic E-state index is 13.0. The van der Waals surface area contributed by atoms with E-state index in [9.17, 15) is 14.0 Å². The maximum absolute atomic E-state index is 13.0. The summed E-state index contributed by atoms with van der Waals surface area (Å²) in [5, 5.41) is 7.45. The van der Waals surface area contributed by atoms with E-state index in [1.165, 1.54) is 30.3 Å². The number of nitrogens with zero attached hydrogens (tertiary/aromatic N) is 2. The van der Waals surface area contributed by atoms with Gasteiger partial charge in [0, 0.05) is 17.3 Å². The van der Waals surface area contributed by atoms with Gasteiger partial charge in [-0.1, -0.05) is 23.2 Å². The number of carbonyl (C=O) groups excluding carboxylic acids is 1. The monoisotopic (exact) mass is 391 g/mol. The predicted molar refractivity (Wildman–Crippen MR) is 99.0 cm³/mol. The van der Waals surface area contributed by atoms with Crippen LogP contribution in [0.1, 0.15) is 0 Å². The third-order valence-electron chi connectivity index (χ3n) is 3.50.